The molecule has 0 aromatic heterocycles. The smallest absolute Gasteiger partial charge is 0.294 e. The Balaban J connectivity index is 1.76. The lowest BCUT2D eigenvalue weighted by atomic mass is 10.2. The highest BCUT2D eigenvalue weighted by Gasteiger charge is 2.36. The van der Waals surface area contributed by atoms with E-state index in [-0.39, 0.29) is 15.5 Å². The maximum atomic E-state index is 13.9. The number of halogens is 3. The van der Waals surface area contributed by atoms with Gasteiger partial charge in [0.2, 0.25) is 5.91 Å². The van der Waals surface area contributed by atoms with E-state index < -0.39 is 29.4 Å². The van der Waals surface area contributed by atoms with Gasteiger partial charge in [-0.25, -0.2) is 4.39 Å². The predicted octanol–water partition coefficient (Wildman–Crippen LogP) is 4.81. The lowest BCUT2D eigenvalue weighted by molar-refractivity contribution is -0.127. The molecule has 1 heterocycles. The third-order valence-corrected chi connectivity index (χ3v) is 5.16. The number of rotatable bonds is 4. The number of hydrogen-bond donors (Lipinski definition) is 1. The van der Waals surface area contributed by atoms with Crippen LogP contribution >= 0.6 is 35.0 Å². The monoisotopic (exact) mass is 424 g/mol. The molecule has 0 saturated carbocycles. The fraction of sp³-hybridized carbons (Fsp3) is 0.0556. The van der Waals surface area contributed by atoms with Crippen LogP contribution in [0.15, 0.2) is 47.4 Å². The maximum absolute atomic E-state index is 13.9. The number of nitrogens with one attached hydrogen (secondary N) is 1. The third kappa shape index (κ3) is 4.32. The summed E-state index contributed by atoms with van der Waals surface area (Å²) in [6.07, 6.45) is 1.20. The fourth-order valence-corrected chi connectivity index (χ4v) is 3.53. The zero-order valence-corrected chi connectivity index (χ0v) is 15.9. The molecule has 2 aromatic rings. The lowest BCUT2D eigenvalue weighted by Crippen LogP contribution is -2.36. The summed E-state index contributed by atoms with van der Waals surface area (Å²) in [5.41, 5.74) is 0.370. The van der Waals surface area contributed by atoms with Crippen molar-refractivity contribution in [3.63, 3.8) is 0 Å². The zero-order chi connectivity index (χ0) is 19.6. The number of carbonyl (C=O) groups is 3. The molecular weight excluding hydrogens is 414 g/mol. The van der Waals surface area contributed by atoms with Crippen LogP contribution < -0.4 is 5.32 Å². The molecule has 27 heavy (non-hydrogen) atoms. The van der Waals surface area contributed by atoms with Crippen molar-refractivity contribution in [2.45, 2.75) is 0 Å². The van der Waals surface area contributed by atoms with E-state index in [9.17, 15) is 18.8 Å². The molecule has 1 aliphatic rings. The minimum atomic E-state index is -0.696. The van der Waals surface area contributed by atoms with Gasteiger partial charge in [0.25, 0.3) is 11.1 Å². The summed E-state index contributed by atoms with van der Waals surface area (Å²) in [5.74, 6) is -1.90. The van der Waals surface area contributed by atoms with Crippen molar-refractivity contribution in [3.05, 3.63) is 68.8 Å². The Morgan fingerprint density at radius 3 is 2.52 bits per heavy atom. The Morgan fingerprint density at radius 1 is 1.11 bits per heavy atom. The normalized spacial score (nSPS) is 15.5. The first-order chi connectivity index (χ1) is 12.9. The topological polar surface area (TPSA) is 66.5 Å². The number of nitrogens with zero attached hydrogens (tertiary/aromatic N) is 1. The molecule has 0 bridgehead atoms. The predicted molar refractivity (Wildman–Crippen MR) is 104 cm³/mol. The first-order valence-corrected chi connectivity index (χ1v) is 9.18. The van der Waals surface area contributed by atoms with Crippen LogP contribution in [0.4, 0.5) is 14.9 Å². The zero-order valence-electron chi connectivity index (χ0n) is 13.5. The minimum absolute atomic E-state index is 0.00480. The largest absolute Gasteiger partial charge is 0.323 e. The number of amides is 3. The number of carbonyl (C=O) groups excluding carboxylic acids is 3. The summed E-state index contributed by atoms with van der Waals surface area (Å²) in [5, 5.41) is 2.34. The highest BCUT2D eigenvalue weighted by molar-refractivity contribution is 8.18. The van der Waals surface area contributed by atoms with Crippen LogP contribution in [0.1, 0.15) is 5.56 Å². The maximum Gasteiger partial charge on any atom is 0.294 e. The highest BCUT2D eigenvalue weighted by Crippen LogP contribution is 2.34. The second-order valence-electron chi connectivity index (χ2n) is 5.43. The number of para-hydroxylation sites is 1. The third-order valence-electron chi connectivity index (χ3n) is 3.60. The molecule has 1 fully saturated rings. The van der Waals surface area contributed by atoms with Crippen molar-refractivity contribution in [2.75, 3.05) is 11.9 Å². The van der Waals surface area contributed by atoms with Crippen molar-refractivity contribution in [1.82, 2.24) is 4.90 Å². The molecule has 138 valence electrons. The Morgan fingerprint density at radius 2 is 1.81 bits per heavy atom. The average Bonchev–Trinajstić information content (AvgIpc) is 2.88. The Labute approximate surface area is 168 Å². The molecule has 0 spiro atoms. The molecule has 1 saturated heterocycles. The molecule has 0 aliphatic carbocycles. The van der Waals surface area contributed by atoms with Gasteiger partial charge in [0.05, 0.1) is 20.6 Å². The molecule has 5 nitrogen and oxygen atoms in total. The molecule has 2 aromatic carbocycles. The van der Waals surface area contributed by atoms with Crippen LogP contribution in [0.25, 0.3) is 6.08 Å². The van der Waals surface area contributed by atoms with E-state index in [1.165, 1.54) is 24.3 Å². The van der Waals surface area contributed by atoms with Crippen molar-refractivity contribution >= 4 is 63.8 Å². The van der Waals surface area contributed by atoms with Crippen molar-refractivity contribution in [1.29, 1.82) is 0 Å². The summed E-state index contributed by atoms with van der Waals surface area (Å²) in [7, 11) is 0. The van der Waals surface area contributed by atoms with Gasteiger partial charge < -0.3 is 5.32 Å². The molecule has 3 amide bonds. The van der Waals surface area contributed by atoms with Gasteiger partial charge in [-0.15, -0.1) is 0 Å². The fourth-order valence-electron chi connectivity index (χ4n) is 2.31. The van der Waals surface area contributed by atoms with Gasteiger partial charge in [-0.05, 0) is 42.1 Å². The van der Waals surface area contributed by atoms with E-state index in [0.717, 1.165) is 4.90 Å². The number of imide groups is 1. The van der Waals surface area contributed by atoms with E-state index in [0.29, 0.717) is 22.5 Å². The molecule has 1 aliphatic heterocycles. The number of thioether (sulfide) groups is 1. The molecule has 3 rings (SSSR count). The van der Waals surface area contributed by atoms with Crippen LogP contribution in [0.5, 0.6) is 0 Å². The van der Waals surface area contributed by atoms with Gasteiger partial charge >= 0.3 is 0 Å². The average molecular weight is 425 g/mol. The van der Waals surface area contributed by atoms with E-state index in [2.05, 4.69) is 5.32 Å². The van der Waals surface area contributed by atoms with Crippen LogP contribution in [-0.4, -0.2) is 28.5 Å². The SMILES string of the molecule is O=C(CN1C(=O)S/C(=C/c2c(F)cccc2Cl)C1=O)Nc1ccccc1Cl. The number of anilines is 1. The molecule has 1 N–H and O–H groups in total. The second-order valence-corrected chi connectivity index (χ2v) is 7.24. The first-order valence-electron chi connectivity index (χ1n) is 7.60. The van der Waals surface area contributed by atoms with Gasteiger partial charge in [-0.3, -0.25) is 19.3 Å². The van der Waals surface area contributed by atoms with Crippen molar-refractivity contribution in [3.8, 4) is 0 Å². The van der Waals surface area contributed by atoms with E-state index in [4.69, 9.17) is 23.2 Å². The van der Waals surface area contributed by atoms with E-state index in [1.54, 1.807) is 24.3 Å². The molecule has 9 heteroatoms. The van der Waals surface area contributed by atoms with Gasteiger partial charge in [-0.2, -0.15) is 0 Å². The Bertz CT molecular complexity index is 961. The quantitative estimate of drug-likeness (QED) is 0.715. The first kappa shape index (κ1) is 19.4. The molecule has 0 atom stereocenters. The summed E-state index contributed by atoms with van der Waals surface area (Å²) in [6, 6.07) is 10.7. The Hall–Kier alpha value is -2.35. The standard InChI is InChI=1S/C18H11Cl2FN2O3S/c19-11-5-3-6-13(21)10(11)8-15-17(25)23(18(26)27-15)9-16(24)22-14-7-2-1-4-12(14)20/h1-8H,9H2,(H,22,24)/b15-8+. The summed E-state index contributed by atoms with van der Waals surface area (Å²) in [4.78, 5) is 37.5. The molecule has 0 unspecified atom stereocenters. The lowest BCUT2D eigenvalue weighted by Gasteiger charge is -2.13. The van der Waals surface area contributed by atoms with Crippen LogP contribution in [0, 0.1) is 5.82 Å². The van der Waals surface area contributed by atoms with Crippen LogP contribution in [0.2, 0.25) is 10.0 Å². The summed E-state index contributed by atoms with van der Waals surface area (Å²) >= 11 is 12.5. The van der Waals surface area contributed by atoms with Gasteiger partial charge in [0.1, 0.15) is 12.4 Å². The minimum Gasteiger partial charge on any atom is -0.323 e. The molecular formula is C18H11Cl2FN2O3S. The van der Waals surface area contributed by atoms with E-state index >= 15 is 0 Å². The highest BCUT2D eigenvalue weighted by atomic mass is 35.5. The van der Waals surface area contributed by atoms with Gasteiger partial charge in [0.15, 0.2) is 0 Å². The Kier molecular flexibility index (Phi) is 5.84. The van der Waals surface area contributed by atoms with E-state index in [1.807, 2.05) is 0 Å². The van der Waals surface area contributed by atoms with Gasteiger partial charge in [-0.1, -0.05) is 41.4 Å². The van der Waals surface area contributed by atoms with Crippen LogP contribution in [0.3, 0.4) is 0 Å². The number of hydrogen-bond acceptors (Lipinski definition) is 4. The van der Waals surface area contributed by atoms with Crippen LogP contribution in [-0.2, 0) is 9.59 Å². The second kappa shape index (κ2) is 8.12. The molecule has 0 radical (unpaired) electrons. The summed E-state index contributed by atoms with van der Waals surface area (Å²) < 4.78 is 13.9. The summed E-state index contributed by atoms with van der Waals surface area (Å²) in [6.45, 7) is -0.488. The van der Waals surface area contributed by atoms with Gasteiger partial charge in [0, 0.05) is 5.56 Å². The number of benzene rings is 2. The van der Waals surface area contributed by atoms with Crippen molar-refractivity contribution < 1.29 is 18.8 Å². The van der Waals surface area contributed by atoms with Crippen molar-refractivity contribution in [2.24, 2.45) is 0 Å².